The number of benzene rings is 1. The minimum Gasteiger partial charge on any atom is -0.465 e. The standard InChI is InChI=1S/C14H16BrN3O3/c1-3-20-14(19)9(2)16-8-12-17-18-13(21-12)10-6-4-5-7-11(10)15/h4-7,9,16H,3,8H2,1-2H3. The molecule has 21 heavy (non-hydrogen) atoms. The maximum atomic E-state index is 11.5. The third kappa shape index (κ3) is 4.12. The molecule has 0 spiro atoms. The highest BCUT2D eigenvalue weighted by molar-refractivity contribution is 9.10. The van der Waals surface area contributed by atoms with E-state index in [9.17, 15) is 4.79 Å². The van der Waals surface area contributed by atoms with Crippen LogP contribution in [0.4, 0.5) is 0 Å². The summed E-state index contributed by atoms with van der Waals surface area (Å²) < 4.78 is 11.4. The zero-order valence-electron chi connectivity index (χ0n) is 11.8. The summed E-state index contributed by atoms with van der Waals surface area (Å²) in [5, 5.41) is 10.9. The molecule has 2 rings (SSSR count). The number of nitrogens with one attached hydrogen (secondary N) is 1. The molecule has 0 radical (unpaired) electrons. The molecule has 6 nitrogen and oxygen atoms in total. The van der Waals surface area contributed by atoms with Crippen molar-refractivity contribution in [1.29, 1.82) is 0 Å². The smallest absolute Gasteiger partial charge is 0.322 e. The first-order chi connectivity index (χ1) is 10.1. The molecule has 0 saturated heterocycles. The van der Waals surface area contributed by atoms with E-state index >= 15 is 0 Å². The van der Waals surface area contributed by atoms with Crippen molar-refractivity contribution in [2.24, 2.45) is 0 Å². The summed E-state index contributed by atoms with van der Waals surface area (Å²) >= 11 is 3.44. The lowest BCUT2D eigenvalue weighted by Gasteiger charge is -2.10. The van der Waals surface area contributed by atoms with Gasteiger partial charge in [0.2, 0.25) is 11.8 Å². The van der Waals surface area contributed by atoms with Gasteiger partial charge in [0.15, 0.2) is 0 Å². The Bertz CT molecular complexity index is 615. The van der Waals surface area contributed by atoms with Gasteiger partial charge in [-0.2, -0.15) is 0 Å². The lowest BCUT2D eigenvalue weighted by Crippen LogP contribution is -2.34. The summed E-state index contributed by atoms with van der Waals surface area (Å²) in [6.07, 6.45) is 0. The Morgan fingerprint density at radius 3 is 2.90 bits per heavy atom. The number of esters is 1. The van der Waals surface area contributed by atoms with Crippen molar-refractivity contribution in [2.45, 2.75) is 26.4 Å². The number of ether oxygens (including phenoxy) is 1. The lowest BCUT2D eigenvalue weighted by atomic mass is 10.2. The summed E-state index contributed by atoms with van der Waals surface area (Å²) in [7, 11) is 0. The third-order valence-electron chi connectivity index (χ3n) is 2.77. The Morgan fingerprint density at radius 1 is 1.43 bits per heavy atom. The Balaban J connectivity index is 1.98. The van der Waals surface area contributed by atoms with Gasteiger partial charge in [0.05, 0.1) is 18.7 Å². The molecule has 1 atom stereocenters. The predicted octanol–water partition coefficient (Wildman–Crippen LogP) is 2.54. The highest BCUT2D eigenvalue weighted by Crippen LogP contribution is 2.26. The van der Waals surface area contributed by atoms with Crippen LogP contribution in [-0.4, -0.2) is 28.8 Å². The lowest BCUT2D eigenvalue weighted by molar-refractivity contribution is -0.145. The highest BCUT2D eigenvalue weighted by Gasteiger charge is 2.15. The normalized spacial score (nSPS) is 12.1. The van der Waals surface area contributed by atoms with Gasteiger partial charge in [-0.05, 0) is 41.9 Å². The molecular formula is C14H16BrN3O3. The molecule has 1 N–H and O–H groups in total. The predicted molar refractivity (Wildman–Crippen MR) is 80.4 cm³/mol. The minimum atomic E-state index is -0.427. The molecule has 0 aliphatic rings. The summed E-state index contributed by atoms with van der Waals surface area (Å²) in [6, 6.07) is 7.17. The molecule has 0 aliphatic heterocycles. The van der Waals surface area contributed by atoms with Crippen LogP contribution < -0.4 is 5.32 Å². The molecule has 1 unspecified atom stereocenters. The van der Waals surface area contributed by atoms with Crippen molar-refractivity contribution in [2.75, 3.05) is 6.61 Å². The van der Waals surface area contributed by atoms with Crippen molar-refractivity contribution < 1.29 is 13.9 Å². The molecule has 1 heterocycles. The average molecular weight is 354 g/mol. The summed E-state index contributed by atoms with van der Waals surface area (Å²) in [5.41, 5.74) is 0.828. The van der Waals surface area contributed by atoms with Gasteiger partial charge in [-0.1, -0.05) is 12.1 Å². The minimum absolute atomic E-state index is 0.303. The van der Waals surface area contributed by atoms with Crippen LogP contribution in [0.2, 0.25) is 0 Å². The maximum Gasteiger partial charge on any atom is 0.322 e. The molecule has 0 aliphatic carbocycles. The van der Waals surface area contributed by atoms with Crippen LogP contribution in [0, 0.1) is 0 Å². The molecule has 0 fully saturated rings. The van der Waals surface area contributed by atoms with Crippen molar-refractivity contribution in [3.05, 3.63) is 34.6 Å². The number of aromatic nitrogens is 2. The quantitative estimate of drug-likeness (QED) is 0.804. The van der Waals surface area contributed by atoms with Gasteiger partial charge in [0.1, 0.15) is 6.04 Å². The third-order valence-corrected chi connectivity index (χ3v) is 3.46. The highest BCUT2D eigenvalue weighted by atomic mass is 79.9. The second kappa shape index (κ2) is 7.33. The summed E-state index contributed by atoms with van der Waals surface area (Å²) in [5.74, 6) is 0.544. The van der Waals surface area contributed by atoms with Gasteiger partial charge in [0, 0.05) is 4.47 Å². The van der Waals surface area contributed by atoms with E-state index in [0.717, 1.165) is 10.0 Å². The first-order valence-electron chi connectivity index (χ1n) is 6.59. The Hall–Kier alpha value is -1.73. The van der Waals surface area contributed by atoms with Crippen LogP contribution >= 0.6 is 15.9 Å². The second-order valence-corrected chi connectivity index (χ2v) is 5.19. The van der Waals surface area contributed by atoms with E-state index in [0.29, 0.717) is 24.9 Å². The monoisotopic (exact) mass is 353 g/mol. The van der Waals surface area contributed by atoms with Crippen LogP contribution in [0.25, 0.3) is 11.5 Å². The fourth-order valence-electron chi connectivity index (χ4n) is 1.66. The maximum absolute atomic E-state index is 11.5. The van der Waals surface area contributed by atoms with Crippen molar-refractivity contribution in [3.8, 4) is 11.5 Å². The SMILES string of the molecule is CCOC(=O)C(C)NCc1nnc(-c2ccccc2Br)o1. The number of hydrogen-bond donors (Lipinski definition) is 1. The van der Waals surface area contributed by atoms with E-state index in [-0.39, 0.29) is 5.97 Å². The fraction of sp³-hybridized carbons (Fsp3) is 0.357. The van der Waals surface area contributed by atoms with Gasteiger partial charge in [-0.15, -0.1) is 10.2 Å². The van der Waals surface area contributed by atoms with Gasteiger partial charge in [-0.3, -0.25) is 10.1 Å². The number of hydrogen-bond acceptors (Lipinski definition) is 6. The number of nitrogens with zero attached hydrogens (tertiary/aromatic N) is 2. The van der Waals surface area contributed by atoms with Gasteiger partial charge >= 0.3 is 5.97 Å². The molecule has 1 aromatic heterocycles. The largest absolute Gasteiger partial charge is 0.465 e. The number of halogens is 1. The van der Waals surface area contributed by atoms with E-state index in [1.807, 2.05) is 24.3 Å². The molecule has 1 aromatic carbocycles. The van der Waals surface area contributed by atoms with E-state index in [2.05, 4.69) is 31.4 Å². The molecule has 7 heteroatoms. The molecular weight excluding hydrogens is 338 g/mol. The summed E-state index contributed by atoms with van der Waals surface area (Å²) in [4.78, 5) is 11.5. The topological polar surface area (TPSA) is 77.2 Å². The molecule has 112 valence electrons. The Labute approximate surface area is 131 Å². The van der Waals surface area contributed by atoms with Crippen LogP contribution in [0.3, 0.4) is 0 Å². The Kier molecular flexibility index (Phi) is 5.46. The molecule has 0 saturated carbocycles. The van der Waals surface area contributed by atoms with Crippen LogP contribution in [0.1, 0.15) is 19.7 Å². The van der Waals surface area contributed by atoms with E-state index < -0.39 is 6.04 Å². The van der Waals surface area contributed by atoms with Gasteiger partial charge in [-0.25, -0.2) is 0 Å². The van der Waals surface area contributed by atoms with Crippen molar-refractivity contribution in [3.63, 3.8) is 0 Å². The zero-order valence-corrected chi connectivity index (χ0v) is 13.4. The zero-order chi connectivity index (χ0) is 15.2. The number of carbonyl (C=O) groups excluding carboxylic acids is 1. The van der Waals surface area contributed by atoms with Crippen molar-refractivity contribution in [1.82, 2.24) is 15.5 Å². The van der Waals surface area contributed by atoms with Crippen LogP contribution in [-0.2, 0) is 16.1 Å². The van der Waals surface area contributed by atoms with Gasteiger partial charge < -0.3 is 9.15 Å². The van der Waals surface area contributed by atoms with E-state index in [1.54, 1.807) is 13.8 Å². The first kappa shape index (κ1) is 15.7. The number of rotatable bonds is 6. The first-order valence-corrected chi connectivity index (χ1v) is 7.38. The Morgan fingerprint density at radius 2 is 2.19 bits per heavy atom. The van der Waals surface area contributed by atoms with Crippen LogP contribution in [0.15, 0.2) is 33.2 Å². The van der Waals surface area contributed by atoms with E-state index in [4.69, 9.17) is 9.15 Å². The molecule has 2 aromatic rings. The molecule has 0 amide bonds. The second-order valence-electron chi connectivity index (χ2n) is 4.34. The van der Waals surface area contributed by atoms with Crippen LogP contribution in [0.5, 0.6) is 0 Å². The van der Waals surface area contributed by atoms with Crippen molar-refractivity contribution >= 4 is 21.9 Å². The fourth-order valence-corrected chi connectivity index (χ4v) is 2.11. The van der Waals surface area contributed by atoms with Gasteiger partial charge in [0.25, 0.3) is 0 Å². The average Bonchev–Trinajstić information content (AvgIpc) is 2.94. The molecule has 0 bridgehead atoms. The van der Waals surface area contributed by atoms with E-state index in [1.165, 1.54) is 0 Å². The number of carbonyl (C=O) groups is 1. The summed E-state index contributed by atoms with van der Waals surface area (Å²) in [6.45, 7) is 4.16.